The molecule has 1 N–H and O–H groups in total. The molecule has 108 valence electrons. The van der Waals surface area contributed by atoms with Crippen LogP contribution in [0.4, 0.5) is 17.6 Å². The molecule has 0 radical (unpaired) electrons. The molecule has 19 heavy (non-hydrogen) atoms. The van der Waals surface area contributed by atoms with Gasteiger partial charge in [-0.05, 0) is 54.7 Å². The molecule has 8 heteroatoms. The molecule has 0 bridgehead atoms. The average Bonchev–Trinajstić information content (AvgIpc) is 2.11. The first-order chi connectivity index (χ1) is 8.37. The van der Waals surface area contributed by atoms with E-state index < -0.39 is 22.8 Å². The van der Waals surface area contributed by atoms with Crippen molar-refractivity contribution in [2.75, 3.05) is 0 Å². The lowest BCUT2D eigenvalue weighted by Gasteiger charge is -2.35. The van der Waals surface area contributed by atoms with Gasteiger partial charge in [0.15, 0.2) is 0 Å². The third kappa shape index (κ3) is 3.49. The van der Waals surface area contributed by atoms with Crippen LogP contribution in [0.25, 0.3) is 0 Å². The van der Waals surface area contributed by atoms with E-state index in [-0.39, 0.29) is 5.56 Å². The maximum Gasteiger partial charge on any atom is 0.357 e. The quantitative estimate of drug-likeness (QED) is 0.679. The van der Waals surface area contributed by atoms with Crippen LogP contribution in [0.2, 0.25) is 0 Å². The highest BCUT2D eigenvalue weighted by Gasteiger charge is 2.66. The fourth-order valence-corrected chi connectivity index (χ4v) is 2.10. The largest absolute Gasteiger partial charge is 0.376 e. The molecule has 0 aromatic carbocycles. The van der Waals surface area contributed by atoms with Crippen molar-refractivity contribution in [1.82, 2.24) is 4.98 Å². The Morgan fingerprint density at radius 3 is 1.74 bits per heavy atom. The molecule has 0 atom stereocenters. The number of alkyl halides is 6. The van der Waals surface area contributed by atoms with E-state index in [0.29, 0.717) is 11.4 Å². The van der Waals surface area contributed by atoms with Crippen molar-refractivity contribution in [2.24, 2.45) is 0 Å². The van der Waals surface area contributed by atoms with Gasteiger partial charge in [-0.25, -0.2) is 0 Å². The van der Waals surface area contributed by atoms with Gasteiger partial charge in [0.2, 0.25) is 5.60 Å². The zero-order chi connectivity index (χ0) is 15.1. The highest BCUT2D eigenvalue weighted by molar-refractivity contribution is 6.26. The van der Waals surface area contributed by atoms with Gasteiger partial charge in [-0.1, -0.05) is 0 Å². The van der Waals surface area contributed by atoms with Crippen LogP contribution in [0.3, 0.4) is 0 Å². The Morgan fingerprint density at radius 2 is 1.42 bits per heavy atom. The normalized spacial score (nSPS) is 13.7. The van der Waals surface area contributed by atoms with Crippen LogP contribution >= 0.6 is 23.2 Å². The van der Waals surface area contributed by atoms with Crippen LogP contribution < -0.4 is 0 Å². The summed E-state index contributed by atoms with van der Waals surface area (Å²) in [6, 6.07) is 2.59. The van der Waals surface area contributed by atoms with Crippen molar-refractivity contribution in [3.8, 4) is 0 Å². The van der Waals surface area contributed by atoms with E-state index in [1.165, 1.54) is 12.1 Å². The number of hydrogen-bond acceptors (Lipinski definition) is 2. The van der Waals surface area contributed by atoms with Crippen molar-refractivity contribution in [2.45, 2.75) is 36.6 Å². The van der Waals surface area contributed by atoms with Crippen molar-refractivity contribution in [1.29, 1.82) is 0 Å². The lowest BCUT2D eigenvalue weighted by molar-refractivity contribution is -0.216. The number of hydrogen-bond donors (Lipinski definition) is 1. The second kappa shape index (κ2) is 5.07. The summed E-state index contributed by atoms with van der Waals surface area (Å²) in [5.74, 6) is 0. The summed E-state index contributed by atoms with van der Waals surface area (Å²) in [7, 11) is 0. The lowest BCUT2D eigenvalue weighted by Crippen LogP contribution is -2.57. The van der Waals surface area contributed by atoms with Crippen molar-refractivity contribution in [3.63, 3.8) is 0 Å². The van der Waals surface area contributed by atoms with E-state index in [0.717, 1.165) is 0 Å². The van der Waals surface area contributed by atoms with Crippen molar-refractivity contribution in [3.05, 3.63) is 29.1 Å². The van der Waals surface area contributed by atoms with Gasteiger partial charge in [-0.3, -0.25) is 4.98 Å². The number of rotatable bonds is 4. The summed E-state index contributed by atoms with van der Waals surface area (Å²) in [4.78, 5) is 3.97. The molecular weight excluding hydrogens is 309 g/mol. The van der Waals surface area contributed by atoms with Crippen molar-refractivity contribution >= 4 is 23.2 Å². The van der Waals surface area contributed by atoms with Gasteiger partial charge in [-0.15, -0.1) is 0 Å². The van der Waals surface area contributed by atoms with Gasteiger partial charge >= 0.3 is 10.8 Å². The van der Waals surface area contributed by atoms with E-state index in [4.69, 9.17) is 0 Å². The van der Waals surface area contributed by atoms with Gasteiger partial charge < -0.3 is 5.11 Å². The van der Waals surface area contributed by atoms with E-state index in [1.807, 2.05) is 0 Å². The Morgan fingerprint density at radius 1 is 1.05 bits per heavy atom. The standard InChI is InChI=1S/C11H11Cl2F4NO/c1-6-3-8(4-7(2)18-6)5-9(19,10(12,14)15)11(13,16)17/h3-4,19H,5H2,1-2H3. The molecule has 0 fully saturated rings. The Bertz CT molecular complexity index is 436. The summed E-state index contributed by atoms with van der Waals surface area (Å²) in [5, 5.41) is 0.347. The SMILES string of the molecule is Cc1cc(CC(O)(C(F)(F)Cl)C(F)(F)Cl)cc(C)n1. The van der Waals surface area contributed by atoms with Crippen LogP contribution in [-0.4, -0.2) is 26.5 Å². The van der Waals surface area contributed by atoms with E-state index in [2.05, 4.69) is 28.2 Å². The fourth-order valence-electron chi connectivity index (χ4n) is 1.68. The topological polar surface area (TPSA) is 33.1 Å². The molecule has 0 aliphatic rings. The molecule has 1 heterocycles. The average molecular weight is 320 g/mol. The number of aliphatic hydroxyl groups is 1. The van der Waals surface area contributed by atoms with Crippen LogP contribution in [-0.2, 0) is 6.42 Å². The summed E-state index contributed by atoms with van der Waals surface area (Å²) < 4.78 is 52.4. The van der Waals surface area contributed by atoms with E-state index in [9.17, 15) is 22.7 Å². The number of pyridine rings is 1. The summed E-state index contributed by atoms with van der Waals surface area (Å²) in [5.41, 5.74) is -2.99. The molecule has 0 aliphatic carbocycles. The van der Waals surface area contributed by atoms with Crippen LogP contribution in [0, 0.1) is 13.8 Å². The molecule has 2 nitrogen and oxygen atoms in total. The number of aromatic nitrogens is 1. The lowest BCUT2D eigenvalue weighted by atomic mass is 9.94. The highest BCUT2D eigenvalue weighted by atomic mass is 35.5. The Labute approximate surface area is 117 Å². The number of halogens is 6. The molecule has 0 spiro atoms. The Balaban J connectivity index is 3.23. The van der Waals surface area contributed by atoms with Crippen LogP contribution in [0.15, 0.2) is 12.1 Å². The van der Waals surface area contributed by atoms with Gasteiger partial charge in [0.05, 0.1) is 0 Å². The molecule has 0 saturated heterocycles. The van der Waals surface area contributed by atoms with Crippen LogP contribution in [0.1, 0.15) is 17.0 Å². The molecule has 1 rings (SSSR count). The van der Waals surface area contributed by atoms with Crippen molar-refractivity contribution < 1.29 is 22.7 Å². The number of nitrogens with zero attached hydrogens (tertiary/aromatic N) is 1. The highest BCUT2D eigenvalue weighted by Crippen LogP contribution is 2.47. The molecule has 0 saturated carbocycles. The van der Waals surface area contributed by atoms with E-state index >= 15 is 0 Å². The molecule has 1 aromatic rings. The maximum absolute atomic E-state index is 13.1. The predicted octanol–water partition coefficient (Wildman–Crippen LogP) is 3.64. The van der Waals surface area contributed by atoms with Gasteiger partial charge in [0.1, 0.15) is 0 Å². The monoisotopic (exact) mass is 319 g/mol. The predicted molar refractivity (Wildman–Crippen MR) is 64.0 cm³/mol. The van der Waals surface area contributed by atoms with Gasteiger partial charge in [0, 0.05) is 17.8 Å². The molecule has 1 aromatic heterocycles. The first-order valence-electron chi connectivity index (χ1n) is 5.17. The second-order valence-electron chi connectivity index (χ2n) is 4.29. The minimum atomic E-state index is -4.59. The number of aryl methyl sites for hydroxylation is 2. The molecule has 0 unspecified atom stereocenters. The molecular formula is C11H11Cl2F4NO. The Kier molecular flexibility index (Phi) is 4.39. The summed E-state index contributed by atoms with van der Waals surface area (Å²) in [6.45, 7) is 3.13. The first-order valence-corrected chi connectivity index (χ1v) is 5.92. The van der Waals surface area contributed by atoms with Gasteiger partial charge in [0.25, 0.3) is 0 Å². The van der Waals surface area contributed by atoms with E-state index in [1.54, 1.807) is 13.8 Å². The van der Waals surface area contributed by atoms with Crippen LogP contribution in [0.5, 0.6) is 0 Å². The minimum Gasteiger partial charge on any atom is -0.376 e. The third-order valence-corrected chi connectivity index (χ3v) is 3.16. The van der Waals surface area contributed by atoms with Gasteiger partial charge in [-0.2, -0.15) is 17.6 Å². The molecule has 0 amide bonds. The maximum atomic E-state index is 13.1. The summed E-state index contributed by atoms with van der Waals surface area (Å²) in [6.07, 6.45) is -1.11. The Hall–Kier alpha value is -0.590. The second-order valence-corrected chi connectivity index (χ2v) is 5.24. The fraction of sp³-hybridized carbons (Fsp3) is 0.545. The smallest absolute Gasteiger partial charge is 0.357 e. The first kappa shape index (κ1) is 16.5. The zero-order valence-corrected chi connectivity index (χ0v) is 11.5. The third-order valence-electron chi connectivity index (χ3n) is 2.54. The molecule has 0 aliphatic heterocycles. The zero-order valence-electron chi connectivity index (χ0n) is 10.0. The summed E-state index contributed by atoms with van der Waals surface area (Å²) >= 11 is 9.18. The minimum absolute atomic E-state index is 0.0353.